The van der Waals surface area contributed by atoms with Crippen LogP contribution in [0.1, 0.15) is 30.1 Å². The maximum absolute atomic E-state index is 12.2. The Morgan fingerprint density at radius 3 is 2.83 bits per heavy atom. The van der Waals surface area contributed by atoms with Gasteiger partial charge in [0, 0.05) is 18.3 Å². The van der Waals surface area contributed by atoms with E-state index in [0.29, 0.717) is 11.2 Å². The highest BCUT2D eigenvalue weighted by atomic mass is 16.5. The minimum absolute atomic E-state index is 0.116. The Kier molecular flexibility index (Phi) is 3.41. The Morgan fingerprint density at radius 2 is 2.22 bits per heavy atom. The van der Waals surface area contributed by atoms with Crippen LogP contribution >= 0.6 is 0 Å². The molecule has 0 atom stereocenters. The first-order chi connectivity index (χ1) is 8.58. The lowest BCUT2D eigenvalue weighted by Gasteiger charge is -2.04. The number of hydrogen-bond acceptors (Lipinski definition) is 4. The first-order valence-electron chi connectivity index (χ1n) is 5.77. The molecule has 0 bridgehead atoms. The zero-order chi connectivity index (χ0) is 13.1. The summed E-state index contributed by atoms with van der Waals surface area (Å²) in [6.07, 6.45) is 1.67. The lowest BCUT2D eigenvalue weighted by atomic mass is 10.3. The number of carbonyl (C=O) groups excluding carboxylic acids is 1. The molecule has 2 aromatic heterocycles. The number of aromatic nitrogens is 2. The largest absolute Gasteiger partial charge is 0.361 e. The van der Waals surface area contributed by atoms with Crippen LogP contribution in [0.4, 0.5) is 0 Å². The van der Waals surface area contributed by atoms with Crippen molar-refractivity contribution in [1.82, 2.24) is 9.72 Å². The van der Waals surface area contributed by atoms with Gasteiger partial charge in [-0.15, -0.1) is 0 Å². The van der Waals surface area contributed by atoms with Gasteiger partial charge in [-0.05, 0) is 32.9 Å². The Balaban J connectivity index is 2.49. The van der Waals surface area contributed by atoms with Crippen molar-refractivity contribution >= 4 is 5.91 Å². The van der Waals surface area contributed by atoms with E-state index in [-0.39, 0.29) is 17.6 Å². The van der Waals surface area contributed by atoms with Crippen molar-refractivity contribution in [3.05, 3.63) is 47.4 Å². The van der Waals surface area contributed by atoms with Crippen molar-refractivity contribution in [3.63, 3.8) is 0 Å². The van der Waals surface area contributed by atoms with Gasteiger partial charge in [-0.2, -0.15) is 0 Å². The number of carbonyl (C=O) groups is 1. The van der Waals surface area contributed by atoms with Crippen LogP contribution < -0.4 is 5.49 Å². The molecule has 18 heavy (non-hydrogen) atoms. The molecule has 2 heterocycles. The molecule has 5 heteroatoms. The molecule has 0 aliphatic rings. The second-order valence-corrected chi connectivity index (χ2v) is 4.28. The number of rotatable bonds is 2. The summed E-state index contributed by atoms with van der Waals surface area (Å²) in [5, 5.41) is 3.73. The van der Waals surface area contributed by atoms with Gasteiger partial charge in [-0.25, -0.2) is 0 Å². The molecule has 94 valence electrons. The number of nitrogens with zero attached hydrogens (tertiary/aromatic N) is 3. The number of aryl methyl sites for hydroxylation is 1. The average Bonchev–Trinajstić information content (AvgIpc) is 2.75. The smallest absolute Gasteiger partial charge is 0.285 e. The molecule has 0 aromatic carbocycles. The van der Waals surface area contributed by atoms with Gasteiger partial charge in [0.25, 0.3) is 5.91 Å². The lowest BCUT2D eigenvalue weighted by molar-refractivity contribution is 0.0945. The van der Waals surface area contributed by atoms with Crippen LogP contribution in [0.15, 0.2) is 40.0 Å². The molecule has 0 unspecified atom stereocenters. The fourth-order valence-electron chi connectivity index (χ4n) is 1.57. The van der Waals surface area contributed by atoms with E-state index in [1.807, 2.05) is 19.9 Å². The lowest BCUT2D eigenvalue weighted by Crippen LogP contribution is -2.28. The highest BCUT2D eigenvalue weighted by Crippen LogP contribution is 2.03. The van der Waals surface area contributed by atoms with Crippen molar-refractivity contribution < 1.29 is 9.32 Å². The second-order valence-electron chi connectivity index (χ2n) is 4.28. The van der Waals surface area contributed by atoms with Crippen molar-refractivity contribution in [1.29, 1.82) is 0 Å². The molecule has 0 fully saturated rings. The van der Waals surface area contributed by atoms with E-state index in [4.69, 9.17) is 4.52 Å². The van der Waals surface area contributed by atoms with E-state index < -0.39 is 0 Å². The Labute approximate surface area is 105 Å². The molecule has 0 radical (unpaired) electrons. The third kappa shape index (κ3) is 2.56. The summed E-state index contributed by atoms with van der Waals surface area (Å²) in [5.41, 5.74) is 0.891. The molecular weight excluding hydrogens is 230 g/mol. The predicted octanol–water partition coefficient (Wildman–Crippen LogP) is 1.78. The SMILES string of the molecule is Cc1cc(C(=O)n2ccccc2=NC(C)C)no1. The van der Waals surface area contributed by atoms with Crippen LogP contribution in [0.5, 0.6) is 0 Å². The molecule has 0 spiro atoms. The summed E-state index contributed by atoms with van der Waals surface area (Å²) in [4.78, 5) is 16.6. The summed E-state index contributed by atoms with van der Waals surface area (Å²) < 4.78 is 6.38. The second kappa shape index (κ2) is 5.00. The summed E-state index contributed by atoms with van der Waals surface area (Å²) in [6, 6.07) is 7.15. The first-order valence-corrected chi connectivity index (χ1v) is 5.77. The zero-order valence-electron chi connectivity index (χ0n) is 10.6. The zero-order valence-corrected chi connectivity index (χ0v) is 10.6. The van der Waals surface area contributed by atoms with Crippen LogP contribution in [0.2, 0.25) is 0 Å². The monoisotopic (exact) mass is 245 g/mol. The average molecular weight is 245 g/mol. The fourth-order valence-corrected chi connectivity index (χ4v) is 1.57. The van der Waals surface area contributed by atoms with Crippen LogP contribution in [0, 0.1) is 6.92 Å². The van der Waals surface area contributed by atoms with Crippen molar-refractivity contribution in [2.24, 2.45) is 4.99 Å². The molecule has 0 amide bonds. The van der Waals surface area contributed by atoms with Gasteiger partial charge in [0.2, 0.25) is 0 Å². The predicted molar refractivity (Wildman–Crippen MR) is 66.1 cm³/mol. The standard InChI is InChI=1S/C13H15N3O2/c1-9(2)14-12-6-4-5-7-16(12)13(17)11-8-10(3)18-15-11/h4-9H,1-3H3. The summed E-state index contributed by atoms with van der Waals surface area (Å²) in [7, 11) is 0. The molecule has 2 rings (SSSR count). The molecule has 5 nitrogen and oxygen atoms in total. The minimum Gasteiger partial charge on any atom is -0.361 e. The van der Waals surface area contributed by atoms with E-state index in [1.165, 1.54) is 4.57 Å². The third-order valence-electron chi connectivity index (χ3n) is 2.29. The fraction of sp³-hybridized carbons (Fsp3) is 0.308. The van der Waals surface area contributed by atoms with Gasteiger partial charge < -0.3 is 4.52 Å². The van der Waals surface area contributed by atoms with E-state index in [9.17, 15) is 4.79 Å². The number of pyridine rings is 1. The van der Waals surface area contributed by atoms with Crippen LogP contribution in [-0.2, 0) is 0 Å². The maximum Gasteiger partial charge on any atom is 0.285 e. The molecule has 0 saturated heterocycles. The van der Waals surface area contributed by atoms with Gasteiger partial charge in [-0.3, -0.25) is 14.4 Å². The molecule has 2 aromatic rings. The Bertz CT molecular complexity index is 623. The van der Waals surface area contributed by atoms with Crippen molar-refractivity contribution in [2.75, 3.05) is 0 Å². The topological polar surface area (TPSA) is 60.4 Å². The van der Waals surface area contributed by atoms with Crippen LogP contribution in [-0.4, -0.2) is 21.7 Å². The molecule has 0 saturated carbocycles. The van der Waals surface area contributed by atoms with Gasteiger partial charge in [0.15, 0.2) is 5.69 Å². The van der Waals surface area contributed by atoms with Crippen molar-refractivity contribution in [2.45, 2.75) is 26.8 Å². The van der Waals surface area contributed by atoms with E-state index in [0.717, 1.165) is 0 Å². The van der Waals surface area contributed by atoms with Crippen molar-refractivity contribution in [3.8, 4) is 0 Å². The molecule has 0 N–H and O–H groups in total. The first kappa shape index (κ1) is 12.3. The van der Waals surface area contributed by atoms with Gasteiger partial charge in [0.1, 0.15) is 11.2 Å². The highest BCUT2D eigenvalue weighted by Gasteiger charge is 2.13. The normalized spacial score (nSPS) is 12.1. The summed E-state index contributed by atoms with van der Waals surface area (Å²) in [5.74, 6) is 0.365. The summed E-state index contributed by atoms with van der Waals surface area (Å²) >= 11 is 0. The molecular formula is C13H15N3O2. The van der Waals surface area contributed by atoms with Crippen LogP contribution in [0.3, 0.4) is 0 Å². The summed E-state index contributed by atoms with van der Waals surface area (Å²) in [6.45, 7) is 5.67. The van der Waals surface area contributed by atoms with E-state index >= 15 is 0 Å². The number of hydrogen-bond donors (Lipinski definition) is 0. The Morgan fingerprint density at radius 1 is 1.44 bits per heavy atom. The Hall–Kier alpha value is -2.17. The minimum atomic E-state index is -0.244. The van der Waals surface area contributed by atoms with E-state index in [2.05, 4.69) is 10.1 Å². The van der Waals surface area contributed by atoms with Gasteiger partial charge in [0.05, 0.1) is 0 Å². The van der Waals surface area contributed by atoms with E-state index in [1.54, 1.807) is 31.3 Å². The molecule has 0 aliphatic heterocycles. The van der Waals surface area contributed by atoms with Gasteiger partial charge in [-0.1, -0.05) is 11.2 Å². The van der Waals surface area contributed by atoms with Gasteiger partial charge >= 0.3 is 0 Å². The van der Waals surface area contributed by atoms with Crippen LogP contribution in [0.25, 0.3) is 0 Å². The third-order valence-corrected chi connectivity index (χ3v) is 2.29. The maximum atomic E-state index is 12.2. The highest BCUT2D eigenvalue weighted by molar-refractivity contribution is 5.93. The molecule has 0 aliphatic carbocycles. The quantitative estimate of drug-likeness (QED) is 0.810.